The predicted octanol–water partition coefficient (Wildman–Crippen LogP) is 4.30. The summed E-state index contributed by atoms with van der Waals surface area (Å²) in [5.41, 5.74) is 7.54. The number of anilines is 1. The lowest BCUT2D eigenvalue weighted by molar-refractivity contribution is -0.124. The third kappa shape index (κ3) is 6.70. The maximum absolute atomic E-state index is 12.0. The van der Waals surface area contributed by atoms with E-state index in [1.165, 1.54) is 5.56 Å². The van der Waals surface area contributed by atoms with Crippen LogP contribution in [0.3, 0.4) is 0 Å². The van der Waals surface area contributed by atoms with E-state index in [2.05, 4.69) is 29.7 Å². The highest BCUT2D eigenvalue weighted by atomic mass is 16.2. The van der Waals surface area contributed by atoms with Crippen molar-refractivity contribution in [2.75, 3.05) is 5.32 Å². The van der Waals surface area contributed by atoms with Gasteiger partial charge in [0, 0.05) is 18.5 Å². The number of nitrogens with zero attached hydrogens (tertiary/aromatic N) is 1. The molecule has 2 rings (SSSR count). The van der Waals surface area contributed by atoms with Gasteiger partial charge in [-0.15, -0.1) is 0 Å². The van der Waals surface area contributed by atoms with Crippen molar-refractivity contribution in [3.63, 3.8) is 0 Å². The summed E-state index contributed by atoms with van der Waals surface area (Å²) >= 11 is 0. The lowest BCUT2D eigenvalue weighted by atomic mass is 10.0. The zero-order chi connectivity index (χ0) is 19.8. The minimum absolute atomic E-state index is 0.0837. The van der Waals surface area contributed by atoms with Gasteiger partial charge in [0.15, 0.2) is 0 Å². The third-order valence-corrected chi connectivity index (χ3v) is 4.24. The molecule has 142 valence electrons. The van der Waals surface area contributed by atoms with Gasteiger partial charge in [-0.3, -0.25) is 9.59 Å². The number of rotatable bonds is 7. The predicted molar refractivity (Wildman–Crippen MR) is 110 cm³/mol. The first-order valence-corrected chi connectivity index (χ1v) is 9.14. The zero-order valence-electron chi connectivity index (χ0n) is 16.4. The zero-order valence-corrected chi connectivity index (χ0v) is 16.4. The number of carbonyl (C=O) groups is 2. The van der Waals surface area contributed by atoms with E-state index in [1.807, 2.05) is 56.3 Å². The maximum atomic E-state index is 12.0. The molecule has 2 aromatic carbocycles. The molecule has 2 N–H and O–H groups in total. The van der Waals surface area contributed by atoms with Crippen LogP contribution in [-0.4, -0.2) is 18.0 Å². The summed E-state index contributed by atoms with van der Waals surface area (Å²) in [6, 6.07) is 13.8. The minimum atomic E-state index is -0.291. The van der Waals surface area contributed by atoms with Crippen LogP contribution in [0, 0.1) is 13.8 Å². The van der Waals surface area contributed by atoms with E-state index in [0.717, 1.165) is 22.4 Å². The SMILES string of the molecule is Cc1ccc(NC(=O)CCC(=O)N/N=C\c2ccc(C(C)C)cc2)c(C)c1. The molecule has 0 bridgehead atoms. The second-order valence-electron chi connectivity index (χ2n) is 6.98. The molecule has 0 unspecified atom stereocenters. The van der Waals surface area contributed by atoms with Crippen LogP contribution in [0.25, 0.3) is 0 Å². The summed E-state index contributed by atoms with van der Waals surface area (Å²) in [4.78, 5) is 23.8. The highest BCUT2D eigenvalue weighted by Gasteiger charge is 2.08. The molecule has 0 spiro atoms. The van der Waals surface area contributed by atoms with E-state index in [1.54, 1.807) is 6.21 Å². The van der Waals surface area contributed by atoms with Crippen molar-refractivity contribution in [3.8, 4) is 0 Å². The molecule has 0 aliphatic rings. The van der Waals surface area contributed by atoms with Crippen molar-refractivity contribution >= 4 is 23.7 Å². The van der Waals surface area contributed by atoms with Crippen LogP contribution in [0.2, 0.25) is 0 Å². The minimum Gasteiger partial charge on any atom is -0.326 e. The van der Waals surface area contributed by atoms with Crippen molar-refractivity contribution in [3.05, 3.63) is 64.7 Å². The summed E-state index contributed by atoms with van der Waals surface area (Å²) in [7, 11) is 0. The van der Waals surface area contributed by atoms with Crippen LogP contribution in [-0.2, 0) is 9.59 Å². The Hall–Kier alpha value is -2.95. The summed E-state index contributed by atoms with van der Waals surface area (Å²) < 4.78 is 0. The molecule has 0 heterocycles. The largest absolute Gasteiger partial charge is 0.326 e. The van der Waals surface area contributed by atoms with Crippen LogP contribution < -0.4 is 10.7 Å². The standard InChI is InChI=1S/C22H27N3O2/c1-15(2)19-8-6-18(7-9-19)14-23-25-22(27)12-11-21(26)24-20-10-5-16(3)13-17(20)4/h5-10,13-15H,11-12H2,1-4H3,(H,24,26)(H,25,27)/b23-14-. The van der Waals surface area contributed by atoms with Gasteiger partial charge in [0.25, 0.3) is 0 Å². The number of amides is 2. The van der Waals surface area contributed by atoms with Gasteiger partial charge < -0.3 is 5.32 Å². The Morgan fingerprint density at radius 1 is 1.00 bits per heavy atom. The van der Waals surface area contributed by atoms with Crippen LogP contribution in [0.1, 0.15) is 54.9 Å². The fourth-order valence-electron chi connectivity index (χ4n) is 2.60. The van der Waals surface area contributed by atoms with Gasteiger partial charge >= 0.3 is 0 Å². The van der Waals surface area contributed by atoms with Crippen molar-refractivity contribution in [2.24, 2.45) is 5.10 Å². The van der Waals surface area contributed by atoms with Gasteiger partial charge in [0.1, 0.15) is 0 Å². The number of hydrogen-bond donors (Lipinski definition) is 2. The molecule has 0 aromatic heterocycles. The Kier molecular flexibility index (Phi) is 7.29. The average molecular weight is 365 g/mol. The molecule has 0 saturated carbocycles. The fraction of sp³-hybridized carbons (Fsp3) is 0.318. The molecule has 0 fully saturated rings. The molecule has 0 atom stereocenters. The molecule has 0 radical (unpaired) electrons. The number of hydrazone groups is 1. The molecule has 5 nitrogen and oxygen atoms in total. The van der Waals surface area contributed by atoms with Gasteiger partial charge in [-0.1, -0.05) is 55.8 Å². The maximum Gasteiger partial charge on any atom is 0.240 e. The Morgan fingerprint density at radius 2 is 1.67 bits per heavy atom. The first-order chi connectivity index (χ1) is 12.8. The molecular formula is C22H27N3O2. The topological polar surface area (TPSA) is 70.6 Å². The molecule has 2 aromatic rings. The molecule has 0 aliphatic carbocycles. The number of hydrogen-bond acceptors (Lipinski definition) is 3. The molecule has 5 heteroatoms. The van der Waals surface area contributed by atoms with Crippen molar-refractivity contribution in [1.82, 2.24) is 5.43 Å². The van der Waals surface area contributed by atoms with Crippen molar-refractivity contribution < 1.29 is 9.59 Å². The van der Waals surface area contributed by atoms with E-state index < -0.39 is 0 Å². The van der Waals surface area contributed by atoms with Gasteiger partial charge in [0.2, 0.25) is 11.8 Å². The molecular weight excluding hydrogens is 338 g/mol. The summed E-state index contributed by atoms with van der Waals surface area (Å²) in [6.45, 7) is 8.22. The lowest BCUT2D eigenvalue weighted by Gasteiger charge is -2.08. The quantitative estimate of drug-likeness (QED) is 0.567. The summed E-state index contributed by atoms with van der Waals surface area (Å²) in [5, 5.41) is 6.78. The van der Waals surface area contributed by atoms with Crippen LogP contribution in [0.4, 0.5) is 5.69 Å². The molecule has 0 saturated heterocycles. The van der Waals surface area contributed by atoms with E-state index in [4.69, 9.17) is 0 Å². The Morgan fingerprint density at radius 3 is 2.30 bits per heavy atom. The average Bonchev–Trinajstić information content (AvgIpc) is 2.63. The van der Waals surface area contributed by atoms with E-state index >= 15 is 0 Å². The second kappa shape index (κ2) is 9.67. The number of benzene rings is 2. The second-order valence-corrected chi connectivity index (χ2v) is 6.98. The number of aryl methyl sites for hydroxylation is 2. The summed E-state index contributed by atoms with van der Waals surface area (Å²) in [6.07, 6.45) is 1.79. The first-order valence-electron chi connectivity index (χ1n) is 9.14. The highest BCUT2D eigenvalue weighted by Crippen LogP contribution is 2.16. The Balaban J connectivity index is 1.76. The first kappa shape index (κ1) is 20.4. The summed E-state index contributed by atoms with van der Waals surface area (Å²) in [5.74, 6) is -0.00304. The third-order valence-electron chi connectivity index (χ3n) is 4.24. The van der Waals surface area contributed by atoms with Gasteiger partial charge in [-0.2, -0.15) is 5.10 Å². The molecule has 0 aliphatic heterocycles. The van der Waals surface area contributed by atoms with Gasteiger partial charge in [0.05, 0.1) is 6.21 Å². The van der Waals surface area contributed by atoms with E-state index in [0.29, 0.717) is 5.92 Å². The normalized spacial score (nSPS) is 11.0. The number of carbonyl (C=O) groups excluding carboxylic acids is 2. The monoisotopic (exact) mass is 365 g/mol. The van der Waals surface area contributed by atoms with E-state index in [9.17, 15) is 9.59 Å². The Bertz CT molecular complexity index is 824. The lowest BCUT2D eigenvalue weighted by Crippen LogP contribution is -2.20. The van der Waals surface area contributed by atoms with Crippen molar-refractivity contribution in [1.29, 1.82) is 0 Å². The smallest absolute Gasteiger partial charge is 0.240 e. The van der Waals surface area contributed by atoms with Crippen LogP contribution in [0.5, 0.6) is 0 Å². The molecule has 27 heavy (non-hydrogen) atoms. The highest BCUT2D eigenvalue weighted by molar-refractivity contribution is 5.94. The van der Waals surface area contributed by atoms with Crippen LogP contribution in [0.15, 0.2) is 47.6 Å². The van der Waals surface area contributed by atoms with Gasteiger partial charge in [-0.05, 0) is 42.5 Å². The Labute approximate surface area is 160 Å². The van der Waals surface area contributed by atoms with Gasteiger partial charge in [-0.25, -0.2) is 5.43 Å². The number of nitrogens with one attached hydrogen (secondary N) is 2. The van der Waals surface area contributed by atoms with Crippen LogP contribution >= 0.6 is 0 Å². The van der Waals surface area contributed by atoms with E-state index in [-0.39, 0.29) is 24.7 Å². The fourth-order valence-corrected chi connectivity index (χ4v) is 2.60. The van der Waals surface area contributed by atoms with Crippen molar-refractivity contribution in [2.45, 2.75) is 46.5 Å². The molecule has 2 amide bonds.